The molecule has 14 heteroatoms. The number of pyridine rings is 1. The molecule has 10 nitrogen and oxygen atoms in total. The number of benzene rings is 2. The van der Waals surface area contributed by atoms with Crippen molar-refractivity contribution in [3.8, 4) is 0 Å². The Morgan fingerprint density at radius 1 is 0.879 bits per heavy atom. The van der Waals surface area contributed by atoms with Crippen molar-refractivity contribution in [2.24, 2.45) is 10.2 Å². The van der Waals surface area contributed by atoms with E-state index in [1.54, 1.807) is 0 Å². The molecule has 0 bridgehead atoms. The molecule has 3 aromatic rings. The molecule has 158 valence electrons. The van der Waals surface area contributed by atoms with Gasteiger partial charge in [0.25, 0.3) is 0 Å². The Bertz CT molecular complexity index is 1520. The van der Waals surface area contributed by atoms with Gasteiger partial charge in [-0.15, -0.1) is 5.11 Å². The molecule has 1 atom stereocenters. The number of Topliss-reactive ketones (excluding diaryl/α,β-unsaturated/α-hetero) is 1. The molecule has 0 saturated heterocycles. The molecule has 0 saturated carbocycles. The first-order chi connectivity index (χ1) is 14.5. The van der Waals surface area contributed by atoms with Crippen molar-refractivity contribution in [2.45, 2.75) is 10.1 Å². The molecule has 2 aromatic carbocycles. The number of carbonyl (C=O) groups excluding carboxylic acids is 1. The van der Waals surface area contributed by atoms with Crippen LogP contribution < -0.4 is 59.1 Å². The van der Waals surface area contributed by atoms with Gasteiger partial charge in [0.1, 0.15) is 31.6 Å². The van der Waals surface area contributed by atoms with Gasteiger partial charge in [-0.1, -0.05) is 18.2 Å². The van der Waals surface area contributed by atoms with E-state index in [9.17, 15) is 30.7 Å². The number of aromatic nitrogens is 1. The molecule has 1 aromatic heterocycles. The van der Waals surface area contributed by atoms with Crippen molar-refractivity contribution in [1.82, 2.24) is 4.98 Å². The van der Waals surface area contributed by atoms with Crippen LogP contribution in [-0.4, -0.2) is 36.7 Å². The molecular weight excluding hydrogens is 492 g/mol. The van der Waals surface area contributed by atoms with E-state index in [-0.39, 0.29) is 86.7 Å². The summed E-state index contributed by atoms with van der Waals surface area (Å²) in [5, 5.41) is 7.14. The van der Waals surface area contributed by atoms with Gasteiger partial charge in [-0.2, -0.15) is 5.11 Å². The quantitative estimate of drug-likeness (QED) is 0.202. The van der Waals surface area contributed by atoms with E-state index >= 15 is 0 Å². The third-order valence-corrected chi connectivity index (χ3v) is 6.41. The summed E-state index contributed by atoms with van der Waals surface area (Å²) in [4.78, 5) is 16.1. The minimum Gasteiger partial charge on any atom is -0.747 e. The molecule has 0 aliphatic heterocycles. The Hall–Kier alpha value is -1.32. The number of nitrogens with zero attached hydrogens (tertiary/aromatic N) is 3. The van der Waals surface area contributed by atoms with Crippen molar-refractivity contribution in [3.63, 3.8) is 0 Å². The van der Waals surface area contributed by atoms with Crippen molar-refractivity contribution in [1.29, 1.82) is 0 Å². The fourth-order valence-corrected chi connectivity index (χ4v) is 4.43. The van der Waals surface area contributed by atoms with Crippen LogP contribution in [0.3, 0.4) is 0 Å². The van der Waals surface area contributed by atoms with Gasteiger partial charge in [-0.05, 0) is 47.2 Å². The fraction of sp³-hybridized carbons (Fsp3) is 0.0526. The summed E-state index contributed by atoms with van der Waals surface area (Å²) in [5.74, 6) is -0.676. The summed E-state index contributed by atoms with van der Waals surface area (Å²) in [5.41, 5.74) is -0.277. The zero-order chi connectivity index (χ0) is 22.4. The van der Waals surface area contributed by atoms with Crippen LogP contribution in [0.25, 0.3) is 10.8 Å². The topological polar surface area (TPSA) is 169 Å². The van der Waals surface area contributed by atoms with Gasteiger partial charge >= 0.3 is 59.1 Å². The smallest absolute Gasteiger partial charge is 0.747 e. The average molecular weight is 503 g/mol. The molecule has 0 amide bonds. The van der Waals surface area contributed by atoms with Crippen LogP contribution in [0.5, 0.6) is 0 Å². The fourth-order valence-electron chi connectivity index (χ4n) is 3.13. The second-order valence-corrected chi connectivity index (χ2v) is 9.46. The monoisotopic (exact) mass is 503 g/mol. The van der Waals surface area contributed by atoms with Crippen LogP contribution in [0.15, 0.2) is 81.6 Å². The first-order valence-corrected chi connectivity index (χ1v) is 11.5. The number of fused-ring (bicyclic) bond motifs is 2. The minimum absolute atomic E-state index is 0. The average Bonchev–Trinajstić information content (AvgIpc) is 2.71. The van der Waals surface area contributed by atoms with Gasteiger partial charge < -0.3 is 9.11 Å². The molecule has 33 heavy (non-hydrogen) atoms. The molecule has 1 aliphatic carbocycles. The summed E-state index contributed by atoms with van der Waals surface area (Å²) < 4.78 is 68.3. The van der Waals surface area contributed by atoms with E-state index in [2.05, 4.69) is 15.2 Å². The maximum Gasteiger partial charge on any atom is 1.00 e. The van der Waals surface area contributed by atoms with Crippen LogP contribution >= 0.6 is 0 Å². The van der Waals surface area contributed by atoms with Crippen LogP contribution in [0, 0.1) is 0 Å². The zero-order valence-electron chi connectivity index (χ0n) is 17.4. The minimum atomic E-state index is -4.82. The van der Waals surface area contributed by atoms with Gasteiger partial charge in [0.2, 0.25) is 5.78 Å². The Morgan fingerprint density at radius 3 is 2.21 bits per heavy atom. The van der Waals surface area contributed by atoms with Gasteiger partial charge in [-0.3, -0.25) is 9.78 Å². The number of allylic oxidation sites excluding steroid dienone is 1. The SMILES string of the molecule is O=C1C(N=Nc2ccc3cc(S(=O)(=O)[O-])ccc3c2)=CC(S(=O)(=O)[O-])c2cccnc21.[Na+].[Na+]. The molecular formula is C19H11N3Na2O7S2. The number of azo groups is 1. The van der Waals surface area contributed by atoms with Crippen LogP contribution in [0.1, 0.15) is 21.3 Å². The summed E-state index contributed by atoms with van der Waals surface area (Å²) >= 11 is 0. The standard InChI is InChI=1S/C19H13N3O7S2.2Na/c23-19-16(10-17(31(27,28)29)15-2-1-7-20-18(15)19)22-21-13-5-3-12-9-14(30(24,25)26)6-4-11(12)8-13;;/h1-10,17H,(H,24,25,26)(H,27,28,29);;/q;2*+1/p-2. The van der Waals surface area contributed by atoms with E-state index in [4.69, 9.17) is 0 Å². The molecule has 0 N–H and O–H groups in total. The first-order valence-electron chi connectivity index (χ1n) is 8.62. The second kappa shape index (κ2) is 10.5. The Morgan fingerprint density at radius 2 is 1.55 bits per heavy atom. The van der Waals surface area contributed by atoms with Crippen LogP contribution in [0.2, 0.25) is 0 Å². The van der Waals surface area contributed by atoms with Crippen molar-refractivity contribution >= 4 is 42.5 Å². The molecule has 1 aliphatic rings. The van der Waals surface area contributed by atoms with Gasteiger partial charge in [0.05, 0.1) is 15.8 Å². The predicted octanol–water partition coefficient (Wildman–Crippen LogP) is -3.40. The summed E-state index contributed by atoms with van der Waals surface area (Å²) in [7, 11) is -9.41. The van der Waals surface area contributed by atoms with E-state index in [0.717, 1.165) is 12.1 Å². The summed E-state index contributed by atoms with van der Waals surface area (Å²) in [6.45, 7) is 0. The number of carbonyl (C=O) groups is 1. The normalized spacial score (nSPS) is 16.0. The molecule has 0 fully saturated rings. The summed E-state index contributed by atoms with van der Waals surface area (Å²) in [6, 6.07) is 11.1. The van der Waals surface area contributed by atoms with E-state index in [1.807, 2.05) is 0 Å². The van der Waals surface area contributed by atoms with Gasteiger partial charge in [-0.25, -0.2) is 16.8 Å². The largest absolute Gasteiger partial charge is 1.00 e. The van der Waals surface area contributed by atoms with Crippen molar-refractivity contribution < 1.29 is 89.9 Å². The Kier molecular flexibility index (Phi) is 8.90. The maximum absolute atomic E-state index is 12.6. The molecule has 4 rings (SSSR count). The van der Waals surface area contributed by atoms with Gasteiger partial charge in [0.15, 0.2) is 0 Å². The summed E-state index contributed by atoms with van der Waals surface area (Å²) in [6.07, 6.45) is 2.23. The number of ketones is 1. The molecule has 0 radical (unpaired) electrons. The zero-order valence-corrected chi connectivity index (χ0v) is 23.0. The van der Waals surface area contributed by atoms with E-state index in [1.165, 1.54) is 48.7 Å². The van der Waals surface area contributed by atoms with E-state index < -0.39 is 31.3 Å². The third-order valence-electron chi connectivity index (χ3n) is 4.57. The van der Waals surface area contributed by atoms with Crippen molar-refractivity contribution in [3.05, 3.63) is 77.8 Å². The first kappa shape index (κ1) is 27.9. The van der Waals surface area contributed by atoms with E-state index in [0.29, 0.717) is 10.8 Å². The Labute approximate surface area is 233 Å². The van der Waals surface area contributed by atoms with Crippen molar-refractivity contribution in [2.75, 3.05) is 0 Å². The maximum atomic E-state index is 12.6. The molecule has 1 heterocycles. The van der Waals surface area contributed by atoms with Gasteiger partial charge in [0, 0.05) is 11.8 Å². The predicted molar refractivity (Wildman–Crippen MR) is 106 cm³/mol. The Balaban J connectivity index is 0.00000193. The molecule has 0 spiro atoms. The van der Waals surface area contributed by atoms with Crippen LogP contribution in [0.4, 0.5) is 5.69 Å². The third kappa shape index (κ3) is 6.03. The van der Waals surface area contributed by atoms with Crippen LogP contribution in [-0.2, 0) is 20.2 Å². The number of rotatable bonds is 4. The number of hydrogen-bond acceptors (Lipinski definition) is 10. The second-order valence-electron chi connectivity index (χ2n) is 6.58. The number of hydrogen-bond donors (Lipinski definition) is 0. The molecule has 1 unspecified atom stereocenters.